The Morgan fingerprint density at radius 3 is 2.71 bits per heavy atom. The Balaban J connectivity index is 2.19. The maximum absolute atomic E-state index is 13.4. The van der Waals surface area contributed by atoms with Crippen molar-refractivity contribution in [2.24, 2.45) is 0 Å². The molecule has 0 saturated heterocycles. The number of hydrogen-bond acceptors (Lipinski definition) is 3. The quantitative estimate of drug-likeness (QED) is 0.825. The van der Waals surface area contributed by atoms with Gasteiger partial charge in [-0.15, -0.1) is 0 Å². The van der Waals surface area contributed by atoms with Crippen molar-refractivity contribution in [3.8, 4) is 17.6 Å². The fourth-order valence-electron chi connectivity index (χ4n) is 1.78. The van der Waals surface area contributed by atoms with Crippen LogP contribution in [0.2, 0.25) is 5.02 Å². The Morgan fingerprint density at radius 2 is 2.00 bits per heavy atom. The largest absolute Gasteiger partial charge is 0.490 e. The molecule has 0 aliphatic carbocycles. The third-order valence-corrected chi connectivity index (χ3v) is 3.21. The van der Waals surface area contributed by atoms with Crippen LogP contribution < -0.4 is 9.47 Å². The van der Waals surface area contributed by atoms with E-state index in [0.29, 0.717) is 29.2 Å². The van der Waals surface area contributed by atoms with Gasteiger partial charge in [-0.2, -0.15) is 5.26 Å². The van der Waals surface area contributed by atoms with Crippen LogP contribution in [-0.4, -0.2) is 6.61 Å². The highest BCUT2D eigenvalue weighted by Crippen LogP contribution is 2.30. The van der Waals surface area contributed by atoms with E-state index in [0.717, 1.165) is 0 Å². The first-order chi connectivity index (χ1) is 10.2. The van der Waals surface area contributed by atoms with Gasteiger partial charge in [0, 0.05) is 11.6 Å². The Kier molecular flexibility index (Phi) is 5.02. The van der Waals surface area contributed by atoms with Crippen molar-refractivity contribution in [1.29, 1.82) is 5.26 Å². The second-order valence-electron chi connectivity index (χ2n) is 4.21. The molecule has 108 valence electrons. The third-order valence-electron chi connectivity index (χ3n) is 2.79. The molecular weight excluding hydrogens is 293 g/mol. The highest BCUT2D eigenvalue weighted by atomic mass is 35.5. The number of nitrogens with zero attached hydrogens (tertiary/aromatic N) is 1. The van der Waals surface area contributed by atoms with Gasteiger partial charge in [-0.25, -0.2) is 4.39 Å². The van der Waals surface area contributed by atoms with Crippen molar-refractivity contribution in [3.05, 3.63) is 58.4 Å². The summed E-state index contributed by atoms with van der Waals surface area (Å²) in [5, 5.41) is 8.94. The van der Waals surface area contributed by atoms with Crippen molar-refractivity contribution in [2.75, 3.05) is 6.61 Å². The van der Waals surface area contributed by atoms with Gasteiger partial charge in [-0.3, -0.25) is 0 Å². The average Bonchev–Trinajstić information content (AvgIpc) is 2.50. The van der Waals surface area contributed by atoms with Crippen LogP contribution in [0.5, 0.6) is 11.5 Å². The number of halogens is 2. The summed E-state index contributed by atoms with van der Waals surface area (Å²) >= 11 is 5.88. The molecule has 0 amide bonds. The molecule has 0 N–H and O–H groups in total. The van der Waals surface area contributed by atoms with Crippen LogP contribution in [0.4, 0.5) is 4.39 Å². The second-order valence-corrected chi connectivity index (χ2v) is 4.59. The van der Waals surface area contributed by atoms with E-state index >= 15 is 0 Å². The van der Waals surface area contributed by atoms with E-state index in [2.05, 4.69) is 0 Å². The monoisotopic (exact) mass is 305 g/mol. The minimum absolute atomic E-state index is 0.0455. The zero-order valence-corrected chi connectivity index (χ0v) is 12.2. The van der Waals surface area contributed by atoms with E-state index < -0.39 is 5.82 Å². The van der Waals surface area contributed by atoms with E-state index in [1.807, 2.05) is 13.0 Å². The molecule has 0 aliphatic rings. The first-order valence-electron chi connectivity index (χ1n) is 6.38. The summed E-state index contributed by atoms with van der Waals surface area (Å²) in [4.78, 5) is 0. The SMILES string of the molecule is CCOc1cc(C#N)ccc1OCc1cccc(F)c1Cl. The zero-order chi connectivity index (χ0) is 15.2. The molecule has 0 fully saturated rings. The summed E-state index contributed by atoms with van der Waals surface area (Å²) in [5.74, 6) is 0.475. The summed E-state index contributed by atoms with van der Waals surface area (Å²) in [6, 6.07) is 11.5. The van der Waals surface area contributed by atoms with E-state index in [4.69, 9.17) is 26.3 Å². The van der Waals surface area contributed by atoms with E-state index in [-0.39, 0.29) is 11.6 Å². The number of hydrogen-bond donors (Lipinski definition) is 0. The van der Waals surface area contributed by atoms with Gasteiger partial charge in [0.15, 0.2) is 11.5 Å². The fraction of sp³-hybridized carbons (Fsp3) is 0.188. The maximum atomic E-state index is 13.4. The number of benzene rings is 2. The Hall–Kier alpha value is -2.25. The van der Waals surface area contributed by atoms with E-state index in [1.54, 1.807) is 30.3 Å². The molecule has 21 heavy (non-hydrogen) atoms. The van der Waals surface area contributed by atoms with Gasteiger partial charge in [0.05, 0.1) is 23.3 Å². The van der Waals surface area contributed by atoms with Crippen molar-refractivity contribution >= 4 is 11.6 Å². The molecule has 0 atom stereocenters. The number of nitriles is 1. The normalized spacial score (nSPS) is 10.0. The molecule has 2 rings (SSSR count). The van der Waals surface area contributed by atoms with Gasteiger partial charge in [-0.1, -0.05) is 23.7 Å². The molecule has 3 nitrogen and oxygen atoms in total. The summed E-state index contributed by atoms with van der Waals surface area (Å²) in [6.07, 6.45) is 0. The second kappa shape index (κ2) is 6.96. The minimum atomic E-state index is -0.484. The van der Waals surface area contributed by atoms with Crippen LogP contribution in [-0.2, 0) is 6.61 Å². The van der Waals surface area contributed by atoms with Crippen molar-refractivity contribution < 1.29 is 13.9 Å². The molecule has 0 spiro atoms. The predicted octanol–water partition coefficient (Wildman–Crippen LogP) is 4.33. The molecule has 2 aromatic carbocycles. The summed E-state index contributed by atoms with van der Waals surface area (Å²) in [7, 11) is 0. The lowest BCUT2D eigenvalue weighted by molar-refractivity contribution is 0.269. The lowest BCUT2D eigenvalue weighted by atomic mass is 10.2. The van der Waals surface area contributed by atoms with Gasteiger partial charge in [0.1, 0.15) is 12.4 Å². The molecule has 2 aromatic rings. The first-order valence-corrected chi connectivity index (χ1v) is 6.76. The summed E-state index contributed by atoms with van der Waals surface area (Å²) < 4.78 is 24.4. The van der Waals surface area contributed by atoms with Crippen LogP contribution in [0.15, 0.2) is 36.4 Å². The smallest absolute Gasteiger partial charge is 0.162 e. The molecule has 0 saturated carbocycles. The Labute approximate surface area is 127 Å². The molecule has 0 aromatic heterocycles. The molecule has 0 unspecified atom stereocenters. The molecule has 5 heteroatoms. The highest BCUT2D eigenvalue weighted by Gasteiger charge is 2.10. The fourth-order valence-corrected chi connectivity index (χ4v) is 1.96. The first kappa shape index (κ1) is 15.1. The lowest BCUT2D eigenvalue weighted by Crippen LogP contribution is -2.01. The Bertz CT molecular complexity index is 682. The third kappa shape index (κ3) is 3.65. The number of rotatable bonds is 5. The maximum Gasteiger partial charge on any atom is 0.162 e. The van der Waals surface area contributed by atoms with Gasteiger partial charge >= 0.3 is 0 Å². The van der Waals surface area contributed by atoms with Gasteiger partial charge in [-0.05, 0) is 25.1 Å². The van der Waals surface area contributed by atoms with E-state index in [9.17, 15) is 4.39 Å². The summed E-state index contributed by atoms with van der Waals surface area (Å²) in [5.41, 5.74) is 1.03. The van der Waals surface area contributed by atoms with Crippen LogP contribution in [0.1, 0.15) is 18.1 Å². The molecular formula is C16H13ClFNO2. The minimum Gasteiger partial charge on any atom is -0.490 e. The lowest BCUT2D eigenvalue weighted by Gasteiger charge is -2.13. The van der Waals surface area contributed by atoms with E-state index in [1.165, 1.54) is 6.07 Å². The topological polar surface area (TPSA) is 42.2 Å². The Morgan fingerprint density at radius 1 is 1.19 bits per heavy atom. The van der Waals surface area contributed by atoms with Crippen LogP contribution in [0.25, 0.3) is 0 Å². The van der Waals surface area contributed by atoms with Crippen LogP contribution in [0, 0.1) is 17.1 Å². The molecule has 0 radical (unpaired) electrons. The van der Waals surface area contributed by atoms with Crippen molar-refractivity contribution in [1.82, 2.24) is 0 Å². The van der Waals surface area contributed by atoms with Gasteiger partial charge in [0.25, 0.3) is 0 Å². The van der Waals surface area contributed by atoms with Crippen LogP contribution in [0.3, 0.4) is 0 Å². The zero-order valence-electron chi connectivity index (χ0n) is 11.4. The molecule has 0 aliphatic heterocycles. The van der Waals surface area contributed by atoms with Crippen LogP contribution >= 0.6 is 11.6 Å². The molecule has 0 bridgehead atoms. The molecule has 0 heterocycles. The van der Waals surface area contributed by atoms with Gasteiger partial charge < -0.3 is 9.47 Å². The predicted molar refractivity (Wildman–Crippen MR) is 78.1 cm³/mol. The summed E-state index contributed by atoms with van der Waals surface area (Å²) in [6.45, 7) is 2.40. The number of ether oxygens (including phenoxy) is 2. The highest BCUT2D eigenvalue weighted by molar-refractivity contribution is 6.31. The van der Waals surface area contributed by atoms with Crippen molar-refractivity contribution in [3.63, 3.8) is 0 Å². The standard InChI is InChI=1S/C16H13ClFNO2/c1-2-20-15-8-11(9-19)6-7-14(15)21-10-12-4-3-5-13(18)16(12)17/h3-8H,2,10H2,1H3. The van der Waals surface area contributed by atoms with Gasteiger partial charge in [0.2, 0.25) is 0 Å². The average molecular weight is 306 g/mol. The van der Waals surface area contributed by atoms with Crippen molar-refractivity contribution in [2.45, 2.75) is 13.5 Å².